The summed E-state index contributed by atoms with van der Waals surface area (Å²) in [4.78, 5) is 2.07. The summed E-state index contributed by atoms with van der Waals surface area (Å²) in [6.07, 6.45) is 12.8. The number of benzene rings is 1. The maximum atomic E-state index is 13.1. The molecule has 0 saturated carbocycles. The molecule has 0 atom stereocenters. The van der Waals surface area contributed by atoms with E-state index in [1.807, 2.05) is 65.1 Å². The summed E-state index contributed by atoms with van der Waals surface area (Å²) >= 11 is 1.48. The molecule has 2 rings (SSSR count). The summed E-state index contributed by atoms with van der Waals surface area (Å²) in [5, 5.41) is 9.88. The second-order valence-corrected chi connectivity index (χ2v) is 7.65. The standard InChI is InChI=1S/C13H16FN3S.C10H16O.C2H6/c1-9(2)8-17(3)13-16-15-12(18-13)10-5-4-6-11(14)7-10;1-3-5-6-7-8-9-10-11-4-2;1-2/h4-7,9H,8H2,1-3H3;3,5-7,9-10H,4,8H2,1-2H3;1-2H3/b;5-3-,7-6?,10-9+;. The van der Waals surface area contributed by atoms with E-state index in [2.05, 4.69) is 35.0 Å². The number of halogens is 1. The summed E-state index contributed by atoms with van der Waals surface area (Å²) in [7, 11) is 2.00. The first-order chi connectivity index (χ1) is 15.0. The Kier molecular flexibility index (Phi) is 16.9. The Balaban J connectivity index is 0.000000599. The van der Waals surface area contributed by atoms with Crippen molar-refractivity contribution in [2.24, 2.45) is 5.92 Å². The Bertz CT molecular complexity index is 785. The first kappa shape index (κ1) is 28.5. The number of anilines is 1. The second-order valence-electron chi connectivity index (χ2n) is 6.69. The Labute approximate surface area is 192 Å². The van der Waals surface area contributed by atoms with Gasteiger partial charge in [-0.2, -0.15) is 0 Å². The molecule has 1 aromatic heterocycles. The third-order valence-corrected chi connectivity index (χ3v) is 4.61. The van der Waals surface area contributed by atoms with Crippen LogP contribution >= 0.6 is 11.3 Å². The molecule has 0 aliphatic rings. The summed E-state index contributed by atoms with van der Waals surface area (Å²) < 4.78 is 18.1. The molecule has 172 valence electrons. The predicted molar refractivity (Wildman–Crippen MR) is 134 cm³/mol. The summed E-state index contributed by atoms with van der Waals surface area (Å²) in [6, 6.07) is 6.43. The molecule has 0 N–H and O–H groups in total. The van der Waals surface area contributed by atoms with Gasteiger partial charge >= 0.3 is 0 Å². The molecule has 0 amide bonds. The van der Waals surface area contributed by atoms with E-state index in [1.165, 1.54) is 23.5 Å². The lowest BCUT2D eigenvalue weighted by atomic mass is 10.2. The van der Waals surface area contributed by atoms with Gasteiger partial charge in [0.05, 0.1) is 12.9 Å². The van der Waals surface area contributed by atoms with Crippen LogP contribution in [-0.2, 0) is 4.74 Å². The molecule has 0 aliphatic carbocycles. The van der Waals surface area contributed by atoms with Gasteiger partial charge in [-0.15, -0.1) is 10.2 Å². The van der Waals surface area contributed by atoms with Crippen molar-refractivity contribution in [1.82, 2.24) is 10.2 Å². The van der Waals surface area contributed by atoms with Gasteiger partial charge in [0.15, 0.2) is 0 Å². The van der Waals surface area contributed by atoms with Gasteiger partial charge in [-0.25, -0.2) is 4.39 Å². The van der Waals surface area contributed by atoms with Crippen LogP contribution in [0, 0.1) is 11.7 Å². The number of hydrogen-bond acceptors (Lipinski definition) is 5. The van der Waals surface area contributed by atoms with Crippen LogP contribution in [0.3, 0.4) is 0 Å². The van der Waals surface area contributed by atoms with Crippen molar-refractivity contribution in [2.45, 2.75) is 48.0 Å². The topological polar surface area (TPSA) is 38.2 Å². The maximum absolute atomic E-state index is 13.1. The average molecular weight is 448 g/mol. The maximum Gasteiger partial charge on any atom is 0.208 e. The highest BCUT2D eigenvalue weighted by molar-refractivity contribution is 7.18. The second kappa shape index (κ2) is 18.3. The monoisotopic (exact) mass is 447 g/mol. The third kappa shape index (κ3) is 13.4. The Morgan fingerprint density at radius 3 is 2.52 bits per heavy atom. The smallest absolute Gasteiger partial charge is 0.208 e. The van der Waals surface area contributed by atoms with Crippen LogP contribution in [0.4, 0.5) is 9.52 Å². The highest BCUT2D eigenvalue weighted by Gasteiger charge is 2.11. The molecule has 0 unspecified atom stereocenters. The van der Waals surface area contributed by atoms with Crippen molar-refractivity contribution in [3.05, 3.63) is 66.7 Å². The number of ether oxygens (including phenoxy) is 1. The molecule has 1 heterocycles. The lowest BCUT2D eigenvalue weighted by Crippen LogP contribution is -2.22. The molecule has 6 heteroatoms. The van der Waals surface area contributed by atoms with Crippen molar-refractivity contribution in [3.8, 4) is 10.6 Å². The Morgan fingerprint density at radius 1 is 1.16 bits per heavy atom. The molecular formula is C25H38FN3OS. The number of nitrogens with zero attached hydrogens (tertiary/aromatic N) is 3. The fourth-order valence-corrected chi connectivity index (χ4v) is 3.11. The van der Waals surface area contributed by atoms with Crippen molar-refractivity contribution in [3.63, 3.8) is 0 Å². The van der Waals surface area contributed by atoms with E-state index in [0.29, 0.717) is 5.92 Å². The van der Waals surface area contributed by atoms with Crippen LogP contribution in [0.5, 0.6) is 0 Å². The van der Waals surface area contributed by atoms with Gasteiger partial charge in [0, 0.05) is 19.2 Å². The largest absolute Gasteiger partial charge is 0.502 e. The first-order valence-corrected chi connectivity index (χ1v) is 11.6. The van der Waals surface area contributed by atoms with Gasteiger partial charge in [0.1, 0.15) is 10.8 Å². The SMILES string of the molecule is C/C=C\C=CC/C=C/OCC.CC.CC(C)CN(C)c1nnc(-c2cccc(F)c2)s1. The van der Waals surface area contributed by atoms with Crippen LogP contribution in [0.2, 0.25) is 0 Å². The summed E-state index contributed by atoms with van der Waals surface area (Å²) in [5.74, 6) is 0.316. The minimum atomic E-state index is -0.250. The molecule has 1 aromatic carbocycles. The van der Waals surface area contributed by atoms with E-state index in [0.717, 1.165) is 35.3 Å². The van der Waals surface area contributed by atoms with Crippen LogP contribution in [0.1, 0.15) is 48.0 Å². The molecule has 0 radical (unpaired) electrons. The third-order valence-electron chi connectivity index (χ3n) is 3.52. The van der Waals surface area contributed by atoms with Gasteiger partial charge in [-0.05, 0) is 44.4 Å². The van der Waals surface area contributed by atoms with Crippen molar-refractivity contribution >= 4 is 16.5 Å². The van der Waals surface area contributed by atoms with Crippen LogP contribution in [0.25, 0.3) is 10.6 Å². The highest BCUT2D eigenvalue weighted by Crippen LogP contribution is 2.28. The molecule has 0 saturated heterocycles. The number of allylic oxidation sites excluding steroid dienone is 5. The molecule has 0 fully saturated rings. The molecule has 4 nitrogen and oxygen atoms in total. The van der Waals surface area contributed by atoms with Crippen molar-refractivity contribution < 1.29 is 9.13 Å². The lowest BCUT2D eigenvalue weighted by Gasteiger charge is -2.16. The van der Waals surface area contributed by atoms with E-state index in [-0.39, 0.29) is 5.82 Å². The van der Waals surface area contributed by atoms with E-state index in [1.54, 1.807) is 12.3 Å². The Morgan fingerprint density at radius 2 is 1.90 bits per heavy atom. The molecule has 0 aliphatic heterocycles. The first-order valence-electron chi connectivity index (χ1n) is 10.8. The van der Waals surface area contributed by atoms with E-state index in [9.17, 15) is 4.39 Å². The summed E-state index contributed by atoms with van der Waals surface area (Å²) in [6.45, 7) is 14.0. The van der Waals surface area contributed by atoms with Crippen LogP contribution in [0.15, 0.2) is 60.9 Å². The van der Waals surface area contributed by atoms with Gasteiger partial charge in [0.25, 0.3) is 0 Å². The molecule has 2 aromatic rings. The molecule has 0 spiro atoms. The normalized spacial score (nSPS) is 10.9. The lowest BCUT2D eigenvalue weighted by molar-refractivity contribution is 0.268. The van der Waals surface area contributed by atoms with Gasteiger partial charge < -0.3 is 9.64 Å². The van der Waals surface area contributed by atoms with Gasteiger partial charge in [-0.3, -0.25) is 0 Å². The van der Waals surface area contributed by atoms with Gasteiger partial charge in [-0.1, -0.05) is 75.5 Å². The average Bonchev–Trinajstić information content (AvgIpc) is 3.25. The van der Waals surface area contributed by atoms with Crippen LogP contribution in [-0.4, -0.2) is 30.4 Å². The molecule has 31 heavy (non-hydrogen) atoms. The number of hydrogen-bond donors (Lipinski definition) is 0. The minimum Gasteiger partial charge on any atom is -0.502 e. The fourth-order valence-electron chi connectivity index (χ4n) is 2.30. The predicted octanol–water partition coefficient (Wildman–Crippen LogP) is 7.52. The number of aromatic nitrogens is 2. The fraction of sp³-hybridized carbons (Fsp3) is 0.440. The van der Waals surface area contributed by atoms with Crippen LogP contribution < -0.4 is 4.90 Å². The highest BCUT2D eigenvalue weighted by atomic mass is 32.1. The van der Waals surface area contributed by atoms with E-state index >= 15 is 0 Å². The molecule has 0 bridgehead atoms. The minimum absolute atomic E-state index is 0.250. The zero-order chi connectivity index (χ0) is 23.5. The Hall–Kier alpha value is -2.47. The zero-order valence-corrected chi connectivity index (χ0v) is 20.8. The quantitative estimate of drug-likeness (QED) is 0.294. The molecular weight excluding hydrogens is 409 g/mol. The number of rotatable bonds is 9. The van der Waals surface area contributed by atoms with Gasteiger partial charge in [0.2, 0.25) is 5.13 Å². The van der Waals surface area contributed by atoms with Crippen molar-refractivity contribution in [2.75, 3.05) is 25.1 Å². The van der Waals surface area contributed by atoms with E-state index in [4.69, 9.17) is 4.74 Å². The summed E-state index contributed by atoms with van der Waals surface area (Å²) in [5.41, 5.74) is 0.775. The zero-order valence-electron chi connectivity index (χ0n) is 20.0. The van der Waals surface area contributed by atoms with E-state index < -0.39 is 0 Å². The van der Waals surface area contributed by atoms with Crippen molar-refractivity contribution in [1.29, 1.82) is 0 Å².